The molecule has 55 heavy (non-hydrogen) atoms. The Morgan fingerprint density at radius 3 is 1.78 bits per heavy atom. The van der Waals surface area contributed by atoms with Crippen molar-refractivity contribution in [2.45, 2.75) is 37.2 Å². The Morgan fingerprint density at radius 1 is 0.709 bits per heavy atom. The fourth-order valence-electron chi connectivity index (χ4n) is 6.40. The number of benzene rings is 5. The maximum absolute atomic E-state index is 13.5. The zero-order valence-electron chi connectivity index (χ0n) is 30.6. The van der Waals surface area contributed by atoms with Gasteiger partial charge in [-0.05, 0) is 67.9 Å². The van der Waals surface area contributed by atoms with Crippen LogP contribution in [0.3, 0.4) is 0 Å². The average Bonchev–Trinajstić information content (AvgIpc) is 3.19. The first-order chi connectivity index (χ1) is 26.5. The fraction of sp³-hybridized carbons (Fsp3) is 0.220. The third-order valence-corrected chi connectivity index (χ3v) is 10.9. The highest BCUT2D eigenvalue weighted by molar-refractivity contribution is 7.89. The number of carbonyl (C=O) groups is 2. The second kappa shape index (κ2) is 16.8. The summed E-state index contributed by atoms with van der Waals surface area (Å²) in [5, 5.41) is 29.3. The summed E-state index contributed by atoms with van der Waals surface area (Å²) in [6, 6.07) is 27.4. The minimum Gasteiger partial charge on any atom is -0.461 e. The van der Waals surface area contributed by atoms with Crippen molar-refractivity contribution in [2.24, 2.45) is 20.5 Å². The lowest BCUT2D eigenvalue weighted by molar-refractivity contribution is -0.137. The maximum Gasteiger partial charge on any atom is 0.330 e. The van der Waals surface area contributed by atoms with Crippen LogP contribution in [-0.2, 0) is 29.1 Å². The molecule has 0 bridgehead atoms. The van der Waals surface area contributed by atoms with E-state index in [0.29, 0.717) is 17.1 Å². The van der Waals surface area contributed by atoms with Crippen LogP contribution in [0.1, 0.15) is 26.7 Å². The van der Waals surface area contributed by atoms with Gasteiger partial charge in [-0.3, -0.25) is 0 Å². The summed E-state index contributed by atoms with van der Waals surface area (Å²) >= 11 is 0. The van der Waals surface area contributed by atoms with E-state index in [9.17, 15) is 18.0 Å². The molecular weight excluding hydrogens is 719 g/mol. The molecule has 1 aliphatic rings. The number of hydrogen-bond donors (Lipinski definition) is 2. The van der Waals surface area contributed by atoms with E-state index in [1.165, 1.54) is 24.3 Å². The Labute approximate surface area is 319 Å². The lowest BCUT2D eigenvalue weighted by atomic mass is 9.97. The van der Waals surface area contributed by atoms with Crippen LogP contribution in [0.5, 0.6) is 0 Å². The molecule has 0 fully saturated rings. The molecule has 0 saturated carbocycles. The van der Waals surface area contributed by atoms with Crippen LogP contribution in [0.25, 0.3) is 21.5 Å². The number of nitrogens with one attached hydrogen (secondary N) is 2. The van der Waals surface area contributed by atoms with E-state index in [4.69, 9.17) is 14.6 Å². The molecule has 0 aromatic heterocycles. The molecule has 1 unspecified atom stereocenters. The zero-order valence-corrected chi connectivity index (χ0v) is 31.4. The molecule has 0 saturated heterocycles. The maximum atomic E-state index is 13.5. The fourth-order valence-corrected chi connectivity index (χ4v) is 7.81. The van der Waals surface area contributed by atoms with Crippen molar-refractivity contribution in [3.63, 3.8) is 0 Å². The summed E-state index contributed by atoms with van der Waals surface area (Å²) < 4.78 is 38.1. The molecule has 0 amide bonds. The third-order valence-electron chi connectivity index (χ3n) is 8.98. The van der Waals surface area contributed by atoms with Crippen molar-refractivity contribution in [1.29, 1.82) is 0 Å². The predicted octanol–water partition coefficient (Wildman–Crippen LogP) is 9.63. The van der Waals surface area contributed by atoms with Crippen molar-refractivity contribution in [3.8, 4) is 0 Å². The van der Waals surface area contributed by atoms with E-state index in [1.807, 2.05) is 48.5 Å². The molecule has 2 N–H and O–H groups in total. The first-order valence-electron chi connectivity index (χ1n) is 17.7. The number of rotatable bonds is 16. The van der Waals surface area contributed by atoms with Gasteiger partial charge in [0.25, 0.3) is 0 Å². The van der Waals surface area contributed by atoms with Crippen molar-refractivity contribution in [1.82, 2.24) is 4.31 Å². The van der Waals surface area contributed by atoms with Gasteiger partial charge < -0.3 is 20.1 Å². The summed E-state index contributed by atoms with van der Waals surface area (Å²) in [5.74, 6) is -1.38. The largest absolute Gasteiger partial charge is 0.461 e. The van der Waals surface area contributed by atoms with Crippen LogP contribution in [0.2, 0.25) is 0 Å². The smallest absolute Gasteiger partial charge is 0.330 e. The van der Waals surface area contributed by atoms with Crippen LogP contribution in [0.4, 0.5) is 34.1 Å². The Morgan fingerprint density at radius 2 is 1.22 bits per heavy atom. The Kier molecular flexibility index (Phi) is 11.8. The Hall–Kier alpha value is -6.25. The van der Waals surface area contributed by atoms with Gasteiger partial charge in [0.2, 0.25) is 10.0 Å². The summed E-state index contributed by atoms with van der Waals surface area (Å²) in [6.45, 7) is 10.2. The minimum atomic E-state index is -4.07. The van der Waals surface area contributed by atoms with E-state index >= 15 is 0 Å². The molecule has 5 aromatic carbocycles. The summed E-state index contributed by atoms with van der Waals surface area (Å²) in [4.78, 5) is 23.0. The predicted molar refractivity (Wildman–Crippen MR) is 214 cm³/mol. The molecule has 13 nitrogen and oxygen atoms in total. The van der Waals surface area contributed by atoms with E-state index < -0.39 is 22.0 Å². The minimum absolute atomic E-state index is 0.0324. The highest BCUT2D eigenvalue weighted by Crippen LogP contribution is 2.43. The van der Waals surface area contributed by atoms with Crippen LogP contribution in [-0.4, -0.2) is 56.6 Å². The highest BCUT2D eigenvalue weighted by Gasteiger charge is 2.29. The molecule has 1 atom stereocenters. The number of nitrogens with zero attached hydrogens (tertiary/aromatic N) is 5. The van der Waals surface area contributed by atoms with Gasteiger partial charge in [-0.25, -0.2) is 18.0 Å². The van der Waals surface area contributed by atoms with Gasteiger partial charge in [0.1, 0.15) is 18.9 Å². The van der Waals surface area contributed by atoms with Crippen LogP contribution >= 0.6 is 0 Å². The molecule has 5 aromatic rings. The molecule has 0 radical (unpaired) electrons. The van der Waals surface area contributed by atoms with Crippen molar-refractivity contribution >= 4 is 77.6 Å². The summed E-state index contributed by atoms with van der Waals surface area (Å²) in [5.41, 5.74) is 4.31. The molecule has 0 spiro atoms. The molecule has 14 heteroatoms. The lowest BCUT2D eigenvalue weighted by Crippen LogP contribution is -2.45. The number of anilines is 2. The quantitative estimate of drug-likeness (QED) is 0.0571. The summed E-state index contributed by atoms with van der Waals surface area (Å²) in [7, 11) is -4.07. The number of ether oxygens (including phenoxy) is 2. The van der Waals surface area contributed by atoms with Crippen LogP contribution < -0.4 is 10.6 Å². The SMILES string of the molecule is C=CC(=O)OCCN(CCOC(=O)C=C)S(=O)(=O)c1ccc(/N=N/c2ccc(/N=N/c3ccc4c5c(cccc35)NC(C)(CCC)N4)c3ccccc23)cc1. The molecular formula is C41H41N7O6S. The van der Waals surface area contributed by atoms with Gasteiger partial charge in [-0.2, -0.15) is 9.42 Å². The lowest BCUT2D eigenvalue weighted by Gasteiger charge is -2.39. The van der Waals surface area contributed by atoms with Gasteiger partial charge in [0.15, 0.2) is 0 Å². The molecule has 1 heterocycles. The van der Waals surface area contributed by atoms with E-state index in [0.717, 1.165) is 67.9 Å². The molecule has 6 rings (SSSR count). The second-order valence-corrected chi connectivity index (χ2v) is 14.8. The highest BCUT2D eigenvalue weighted by atomic mass is 32.2. The second-order valence-electron chi connectivity index (χ2n) is 12.9. The number of azo groups is 2. The number of hydrogen-bond acceptors (Lipinski definition) is 12. The molecule has 0 aliphatic carbocycles. The first kappa shape index (κ1) is 38.5. The van der Waals surface area contributed by atoms with Crippen molar-refractivity contribution in [3.05, 3.63) is 116 Å². The number of sulfonamides is 1. The van der Waals surface area contributed by atoms with Gasteiger partial charge in [0.05, 0.1) is 27.6 Å². The normalized spacial score (nSPS) is 15.3. The van der Waals surface area contributed by atoms with Gasteiger partial charge >= 0.3 is 11.9 Å². The van der Waals surface area contributed by atoms with Gasteiger partial charge in [0, 0.05) is 58.2 Å². The van der Waals surface area contributed by atoms with E-state index in [1.54, 1.807) is 0 Å². The molecule has 1 aliphatic heterocycles. The summed E-state index contributed by atoms with van der Waals surface area (Å²) in [6.07, 6.45) is 3.98. The monoisotopic (exact) mass is 759 g/mol. The van der Waals surface area contributed by atoms with Crippen LogP contribution in [0.15, 0.2) is 142 Å². The average molecular weight is 760 g/mol. The third kappa shape index (κ3) is 8.77. The standard InChI is InChI=1S/C41H41N7O6S/c1-5-23-41(4)42-36-14-10-13-32-35(21-22-37(43-41)40(32)36)47-46-34-20-19-33(30-11-8-9-12-31(30)34)45-44-28-15-17-29(18-16-28)55(51,52)48(24-26-53-38(49)6-2)25-27-54-39(50)7-3/h6-22,42-43H,2-3,5,23-27H2,1,4H3/b45-44+,47-46+. The van der Waals surface area contributed by atoms with E-state index in [-0.39, 0.29) is 36.9 Å². The zero-order chi connectivity index (χ0) is 39.0. The number of carbonyl (C=O) groups excluding carboxylic acids is 2. The van der Waals surface area contributed by atoms with Crippen molar-refractivity contribution < 1.29 is 27.5 Å². The van der Waals surface area contributed by atoms with Gasteiger partial charge in [-0.1, -0.05) is 62.9 Å². The number of esters is 2. The van der Waals surface area contributed by atoms with Gasteiger partial charge in [-0.15, -0.1) is 15.3 Å². The van der Waals surface area contributed by atoms with Crippen molar-refractivity contribution in [2.75, 3.05) is 36.9 Å². The topological polar surface area (TPSA) is 163 Å². The van der Waals surface area contributed by atoms with E-state index in [2.05, 4.69) is 71.2 Å². The Bertz CT molecular complexity index is 2390. The number of fused-ring (bicyclic) bond motifs is 1. The Balaban J connectivity index is 1.20. The van der Waals surface area contributed by atoms with Crippen LogP contribution in [0, 0.1) is 0 Å². The first-order valence-corrected chi connectivity index (χ1v) is 19.1. The molecule has 282 valence electrons.